The summed E-state index contributed by atoms with van der Waals surface area (Å²) in [7, 11) is 1.36. The van der Waals surface area contributed by atoms with Crippen LogP contribution in [-0.4, -0.2) is 12.4 Å². The van der Waals surface area contributed by atoms with Crippen LogP contribution >= 0.6 is 11.8 Å². The first-order valence-corrected chi connectivity index (χ1v) is 3.87. The number of methoxy groups -OCH3 is 1. The zero-order valence-corrected chi connectivity index (χ0v) is 6.85. The van der Waals surface area contributed by atoms with E-state index in [0.717, 1.165) is 16.7 Å². The number of carbonyl (C=O) groups excluding carboxylic acids is 1. The Bertz CT molecular complexity index is 233. The van der Waals surface area contributed by atoms with Crippen molar-refractivity contribution in [3.8, 4) is 0 Å². The summed E-state index contributed by atoms with van der Waals surface area (Å²) in [5.41, 5.74) is 0. The molecule has 0 saturated carbocycles. The van der Waals surface area contributed by atoms with Crippen molar-refractivity contribution < 1.29 is 9.53 Å². The number of rotatable bonds is 1. The Morgan fingerprint density at radius 3 is 3.00 bits per heavy atom. The van der Waals surface area contributed by atoms with Crippen LogP contribution in [0.3, 0.4) is 0 Å². The van der Waals surface area contributed by atoms with Gasteiger partial charge in [0.25, 0.3) is 0 Å². The molecule has 0 bridgehead atoms. The maximum atomic E-state index is 10.7. The van der Waals surface area contributed by atoms with Crippen molar-refractivity contribution in [1.82, 2.24) is 0 Å². The largest absolute Gasteiger partial charge is 0.461 e. The molecule has 0 aromatic heterocycles. The lowest BCUT2D eigenvalue weighted by atomic mass is 10.4. The predicted molar refractivity (Wildman–Crippen MR) is 43.5 cm³/mol. The van der Waals surface area contributed by atoms with E-state index in [0.29, 0.717) is 0 Å². The van der Waals surface area contributed by atoms with E-state index in [4.69, 9.17) is 0 Å². The van der Waals surface area contributed by atoms with E-state index in [9.17, 15) is 4.79 Å². The van der Waals surface area contributed by atoms with E-state index in [1.54, 1.807) is 6.07 Å². The van der Waals surface area contributed by atoms with Crippen LogP contribution in [0, 0.1) is 6.07 Å². The molecule has 0 spiro atoms. The molecule has 57 valence electrons. The van der Waals surface area contributed by atoms with Crippen molar-refractivity contribution in [1.29, 1.82) is 0 Å². The van der Waals surface area contributed by atoms with Gasteiger partial charge in [0.1, 0.15) is 0 Å². The van der Waals surface area contributed by atoms with Crippen molar-refractivity contribution in [3.63, 3.8) is 0 Å². The number of thioether (sulfide) groups is 1. The van der Waals surface area contributed by atoms with Crippen molar-refractivity contribution in [2.45, 2.75) is 4.90 Å². The summed E-state index contributed by atoms with van der Waals surface area (Å²) in [5, 5.41) is -0.313. The van der Waals surface area contributed by atoms with Gasteiger partial charge in [-0.05, 0) is 23.9 Å². The second kappa shape index (κ2) is 4.03. The molecule has 0 heterocycles. The third-order valence-electron chi connectivity index (χ3n) is 1.04. The van der Waals surface area contributed by atoms with Gasteiger partial charge in [-0.1, -0.05) is 18.2 Å². The Labute approximate surface area is 69.6 Å². The summed E-state index contributed by atoms with van der Waals surface area (Å²) in [6, 6.07) is 10.2. The zero-order valence-electron chi connectivity index (χ0n) is 6.03. The Morgan fingerprint density at radius 1 is 1.64 bits per heavy atom. The highest BCUT2D eigenvalue weighted by atomic mass is 32.2. The lowest BCUT2D eigenvalue weighted by molar-refractivity contribution is 0.200. The maximum Gasteiger partial charge on any atom is 0.371 e. The summed E-state index contributed by atoms with van der Waals surface area (Å²) >= 11 is 1.03. The van der Waals surface area contributed by atoms with Crippen LogP contribution in [0.5, 0.6) is 0 Å². The van der Waals surface area contributed by atoms with E-state index in [1.807, 2.05) is 18.2 Å². The lowest BCUT2D eigenvalue weighted by Gasteiger charge is -1.95. The fourth-order valence-electron chi connectivity index (χ4n) is 0.572. The third kappa shape index (κ3) is 2.63. The highest BCUT2D eigenvalue weighted by Gasteiger charge is 2.01. The molecule has 0 aliphatic heterocycles. The number of carbonyl (C=O) groups is 1. The molecule has 2 nitrogen and oxygen atoms in total. The topological polar surface area (TPSA) is 26.3 Å². The summed E-state index contributed by atoms with van der Waals surface area (Å²) < 4.78 is 4.46. The van der Waals surface area contributed by atoms with Gasteiger partial charge < -0.3 is 4.74 Å². The molecule has 1 aromatic carbocycles. The van der Waals surface area contributed by atoms with E-state index >= 15 is 0 Å². The minimum Gasteiger partial charge on any atom is -0.461 e. The van der Waals surface area contributed by atoms with Crippen molar-refractivity contribution in [2.24, 2.45) is 0 Å². The second-order valence-electron chi connectivity index (χ2n) is 1.78. The van der Waals surface area contributed by atoms with Gasteiger partial charge in [-0.15, -0.1) is 0 Å². The molecule has 0 N–H and O–H groups in total. The van der Waals surface area contributed by atoms with Crippen LogP contribution in [0.2, 0.25) is 0 Å². The molecule has 0 aliphatic carbocycles. The smallest absolute Gasteiger partial charge is 0.371 e. The van der Waals surface area contributed by atoms with Crippen molar-refractivity contribution in [3.05, 3.63) is 30.3 Å². The predicted octanol–water partition coefficient (Wildman–Crippen LogP) is 2.35. The number of hydrogen-bond acceptors (Lipinski definition) is 3. The molecule has 0 aliphatic rings. The Balaban J connectivity index is 2.58. The van der Waals surface area contributed by atoms with Crippen LogP contribution in [0.1, 0.15) is 0 Å². The maximum absolute atomic E-state index is 10.7. The minimum atomic E-state index is -0.313. The van der Waals surface area contributed by atoms with Gasteiger partial charge in [-0.25, -0.2) is 4.79 Å². The Kier molecular flexibility index (Phi) is 2.98. The van der Waals surface area contributed by atoms with Crippen LogP contribution < -0.4 is 0 Å². The highest BCUT2D eigenvalue weighted by molar-refractivity contribution is 8.13. The van der Waals surface area contributed by atoms with Gasteiger partial charge in [-0.3, -0.25) is 0 Å². The first kappa shape index (κ1) is 8.14. The first-order chi connectivity index (χ1) is 5.33. The van der Waals surface area contributed by atoms with E-state index < -0.39 is 0 Å². The molecule has 0 fully saturated rings. The second-order valence-corrected chi connectivity index (χ2v) is 2.76. The van der Waals surface area contributed by atoms with Gasteiger partial charge in [0.2, 0.25) is 0 Å². The van der Waals surface area contributed by atoms with Crippen molar-refractivity contribution in [2.75, 3.05) is 7.11 Å². The molecule has 3 heteroatoms. The molecule has 0 saturated heterocycles. The SMILES string of the molecule is COC(=O)Sc1[c]cccc1. The number of benzene rings is 1. The fraction of sp³-hybridized carbons (Fsp3) is 0.125. The van der Waals surface area contributed by atoms with Crippen LogP contribution in [0.25, 0.3) is 0 Å². The van der Waals surface area contributed by atoms with Crippen molar-refractivity contribution >= 4 is 17.1 Å². The van der Waals surface area contributed by atoms with Gasteiger partial charge in [-0.2, -0.15) is 0 Å². The minimum absolute atomic E-state index is 0.313. The summed E-state index contributed by atoms with van der Waals surface area (Å²) in [5.74, 6) is 0. The quantitative estimate of drug-likeness (QED) is 0.474. The molecule has 0 atom stereocenters. The molecule has 1 rings (SSSR count). The van der Waals surface area contributed by atoms with Crippen LogP contribution in [0.15, 0.2) is 29.2 Å². The van der Waals surface area contributed by atoms with E-state index in [1.165, 1.54) is 7.11 Å². The Morgan fingerprint density at radius 2 is 2.45 bits per heavy atom. The molecule has 1 radical (unpaired) electrons. The summed E-state index contributed by atoms with van der Waals surface area (Å²) in [4.78, 5) is 11.5. The molecule has 11 heavy (non-hydrogen) atoms. The molecular formula is C8H7O2S. The van der Waals surface area contributed by atoms with Gasteiger partial charge in [0.15, 0.2) is 0 Å². The normalized spacial score (nSPS) is 9.18. The first-order valence-electron chi connectivity index (χ1n) is 3.05. The van der Waals surface area contributed by atoms with E-state index in [2.05, 4.69) is 10.8 Å². The molecular weight excluding hydrogens is 160 g/mol. The molecule has 0 amide bonds. The fourth-order valence-corrected chi connectivity index (χ4v) is 1.11. The lowest BCUT2D eigenvalue weighted by Crippen LogP contribution is -1.89. The van der Waals surface area contributed by atoms with Crippen LogP contribution in [0.4, 0.5) is 4.79 Å². The number of ether oxygens (including phenoxy) is 1. The Hall–Kier alpha value is -0.960. The third-order valence-corrected chi connectivity index (χ3v) is 1.85. The summed E-state index contributed by atoms with van der Waals surface area (Å²) in [6.45, 7) is 0. The average molecular weight is 167 g/mol. The number of hydrogen-bond donors (Lipinski definition) is 0. The van der Waals surface area contributed by atoms with E-state index in [-0.39, 0.29) is 5.30 Å². The monoisotopic (exact) mass is 167 g/mol. The molecule has 1 aromatic rings. The zero-order chi connectivity index (χ0) is 8.10. The standard InChI is InChI=1S/C8H7O2S/c1-10-8(9)11-7-5-3-2-4-6-7/h2-5H,1H3. The average Bonchev–Trinajstić information content (AvgIpc) is 2.06. The van der Waals surface area contributed by atoms with Gasteiger partial charge >= 0.3 is 5.30 Å². The highest BCUT2D eigenvalue weighted by Crippen LogP contribution is 2.17. The van der Waals surface area contributed by atoms with Gasteiger partial charge in [0.05, 0.1) is 7.11 Å². The van der Waals surface area contributed by atoms with Gasteiger partial charge in [0, 0.05) is 4.90 Å². The molecule has 0 unspecified atom stereocenters. The van der Waals surface area contributed by atoms with Crippen LogP contribution in [-0.2, 0) is 4.74 Å². The summed E-state index contributed by atoms with van der Waals surface area (Å²) in [6.07, 6.45) is 0.